The molecular weight excluding hydrogens is 426 g/mol. The summed E-state index contributed by atoms with van der Waals surface area (Å²) in [4.78, 5) is 49.4. The van der Waals surface area contributed by atoms with Gasteiger partial charge in [-0.15, -0.1) is 0 Å². The summed E-state index contributed by atoms with van der Waals surface area (Å²) in [6, 6.07) is 11.1. The van der Waals surface area contributed by atoms with Crippen LogP contribution in [0.5, 0.6) is 11.5 Å². The zero-order valence-electron chi connectivity index (χ0n) is 18.3. The summed E-state index contributed by atoms with van der Waals surface area (Å²) in [7, 11) is 0. The lowest BCUT2D eigenvalue weighted by molar-refractivity contribution is -0.132. The van der Waals surface area contributed by atoms with Gasteiger partial charge in [-0.25, -0.2) is 0 Å². The van der Waals surface area contributed by atoms with Crippen LogP contribution in [0.2, 0.25) is 0 Å². The SMILES string of the molecule is CC(=O)N1CCC2(CC1)CC(=O)c1ccc(OCC(=O)Nc3ccc(C(N)=O)cc3)cc1O2. The molecule has 1 saturated heterocycles. The van der Waals surface area contributed by atoms with Crippen LogP contribution in [0.15, 0.2) is 42.5 Å². The Morgan fingerprint density at radius 2 is 1.82 bits per heavy atom. The maximum Gasteiger partial charge on any atom is 0.262 e. The summed E-state index contributed by atoms with van der Waals surface area (Å²) in [6.45, 7) is 2.39. The second-order valence-electron chi connectivity index (χ2n) is 8.33. The van der Waals surface area contributed by atoms with E-state index in [1.807, 2.05) is 0 Å². The average Bonchev–Trinajstić information content (AvgIpc) is 2.78. The molecule has 2 aliphatic rings. The number of rotatable bonds is 5. The van der Waals surface area contributed by atoms with Gasteiger partial charge in [0.15, 0.2) is 12.4 Å². The molecule has 9 heteroatoms. The highest BCUT2D eigenvalue weighted by Gasteiger charge is 2.43. The average molecular weight is 451 g/mol. The molecule has 3 amide bonds. The molecule has 172 valence electrons. The molecule has 2 heterocycles. The van der Waals surface area contributed by atoms with Crippen molar-refractivity contribution in [2.75, 3.05) is 25.0 Å². The number of carbonyl (C=O) groups excluding carboxylic acids is 4. The fraction of sp³-hybridized carbons (Fsp3) is 0.333. The molecular formula is C24H25N3O6. The number of piperidine rings is 1. The lowest BCUT2D eigenvalue weighted by atomic mass is 9.82. The van der Waals surface area contributed by atoms with E-state index in [0.717, 1.165) is 0 Å². The topological polar surface area (TPSA) is 128 Å². The lowest BCUT2D eigenvalue weighted by Gasteiger charge is -2.43. The van der Waals surface area contributed by atoms with Gasteiger partial charge >= 0.3 is 0 Å². The Balaban J connectivity index is 1.38. The van der Waals surface area contributed by atoms with E-state index < -0.39 is 11.5 Å². The number of likely N-dealkylation sites (tertiary alicyclic amines) is 1. The molecule has 0 aromatic heterocycles. The summed E-state index contributed by atoms with van der Waals surface area (Å²) in [5, 5.41) is 2.67. The molecule has 0 radical (unpaired) electrons. The molecule has 2 aromatic rings. The third kappa shape index (κ3) is 4.97. The van der Waals surface area contributed by atoms with Crippen molar-refractivity contribution >= 4 is 29.2 Å². The number of hydrogen-bond acceptors (Lipinski definition) is 6. The summed E-state index contributed by atoms with van der Waals surface area (Å²) in [5.41, 5.74) is 5.92. The van der Waals surface area contributed by atoms with E-state index in [9.17, 15) is 19.2 Å². The predicted octanol–water partition coefficient (Wildman–Crippen LogP) is 2.15. The Bertz CT molecular complexity index is 1100. The van der Waals surface area contributed by atoms with Crippen LogP contribution in [0.1, 0.15) is 46.9 Å². The lowest BCUT2D eigenvalue weighted by Crippen LogP contribution is -2.51. The molecule has 0 saturated carbocycles. The van der Waals surface area contributed by atoms with Gasteiger partial charge in [-0.3, -0.25) is 19.2 Å². The number of ketones is 1. The summed E-state index contributed by atoms with van der Waals surface area (Å²) in [5.74, 6) is -0.0806. The number of nitrogens with two attached hydrogens (primary N) is 1. The van der Waals surface area contributed by atoms with Crippen LogP contribution >= 0.6 is 0 Å². The number of hydrogen-bond donors (Lipinski definition) is 2. The van der Waals surface area contributed by atoms with E-state index in [0.29, 0.717) is 54.2 Å². The van der Waals surface area contributed by atoms with Gasteiger partial charge in [-0.05, 0) is 36.4 Å². The van der Waals surface area contributed by atoms with Gasteiger partial charge in [0.1, 0.15) is 17.1 Å². The number of ether oxygens (including phenoxy) is 2. The van der Waals surface area contributed by atoms with Crippen molar-refractivity contribution in [3.05, 3.63) is 53.6 Å². The Hall–Kier alpha value is -3.88. The number of nitrogens with one attached hydrogen (secondary N) is 1. The van der Waals surface area contributed by atoms with Crippen molar-refractivity contribution in [2.24, 2.45) is 5.73 Å². The zero-order valence-corrected chi connectivity index (χ0v) is 18.3. The van der Waals surface area contributed by atoms with Crippen molar-refractivity contribution in [3.63, 3.8) is 0 Å². The highest BCUT2D eigenvalue weighted by Crippen LogP contribution is 2.40. The van der Waals surface area contributed by atoms with Gasteiger partial charge in [0.2, 0.25) is 11.8 Å². The first kappa shape index (κ1) is 22.3. The molecule has 33 heavy (non-hydrogen) atoms. The molecule has 0 unspecified atom stereocenters. The van der Waals surface area contributed by atoms with Crippen molar-refractivity contribution in [1.82, 2.24) is 4.90 Å². The number of primary amides is 1. The predicted molar refractivity (Wildman–Crippen MR) is 119 cm³/mol. The minimum atomic E-state index is -0.622. The molecule has 0 bridgehead atoms. The minimum absolute atomic E-state index is 0.00349. The van der Waals surface area contributed by atoms with Gasteiger partial charge in [0.25, 0.3) is 5.91 Å². The summed E-state index contributed by atoms with van der Waals surface area (Å²) in [6.07, 6.45) is 1.45. The van der Waals surface area contributed by atoms with E-state index >= 15 is 0 Å². The first-order valence-electron chi connectivity index (χ1n) is 10.7. The second-order valence-corrected chi connectivity index (χ2v) is 8.33. The Labute approximate surface area is 190 Å². The largest absolute Gasteiger partial charge is 0.486 e. The highest BCUT2D eigenvalue weighted by atomic mass is 16.5. The molecule has 0 atom stereocenters. The number of Topliss-reactive ketones (excluding diaryl/α,β-unsaturated/α-hetero) is 1. The monoisotopic (exact) mass is 451 g/mol. The van der Waals surface area contributed by atoms with Crippen molar-refractivity contribution in [3.8, 4) is 11.5 Å². The molecule has 0 aliphatic carbocycles. The molecule has 3 N–H and O–H groups in total. The minimum Gasteiger partial charge on any atom is -0.486 e. The highest BCUT2D eigenvalue weighted by molar-refractivity contribution is 6.00. The van der Waals surface area contributed by atoms with Crippen LogP contribution in [-0.4, -0.2) is 53.7 Å². The third-order valence-corrected chi connectivity index (χ3v) is 6.01. The van der Waals surface area contributed by atoms with E-state index in [2.05, 4.69) is 5.32 Å². The van der Waals surface area contributed by atoms with Gasteiger partial charge in [-0.1, -0.05) is 0 Å². The molecule has 1 spiro atoms. The maximum atomic E-state index is 12.7. The van der Waals surface area contributed by atoms with Gasteiger partial charge in [0.05, 0.1) is 12.0 Å². The zero-order chi connectivity index (χ0) is 23.6. The van der Waals surface area contributed by atoms with Crippen molar-refractivity contribution in [2.45, 2.75) is 31.8 Å². The Morgan fingerprint density at radius 3 is 2.45 bits per heavy atom. The molecule has 2 aliphatic heterocycles. The quantitative estimate of drug-likeness (QED) is 0.717. The normalized spacial score (nSPS) is 16.5. The first-order chi connectivity index (χ1) is 15.7. The van der Waals surface area contributed by atoms with Crippen LogP contribution in [0.4, 0.5) is 5.69 Å². The van der Waals surface area contributed by atoms with Crippen LogP contribution < -0.4 is 20.5 Å². The van der Waals surface area contributed by atoms with Crippen LogP contribution in [0.25, 0.3) is 0 Å². The number of benzene rings is 2. The standard InChI is InChI=1S/C24H25N3O6/c1-15(28)27-10-8-24(9-11-27)13-20(29)19-7-6-18(12-21(19)33-24)32-14-22(30)26-17-4-2-16(3-5-17)23(25)31/h2-7,12H,8-11,13-14H2,1H3,(H2,25,31)(H,26,30). The van der Waals surface area contributed by atoms with Crippen LogP contribution in [0.3, 0.4) is 0 Å². The van der Waals surface area contributed by atoms with E-state index in [4.69, 9.17) is 15.2 Å². The van der Waals surface area contributed by atoms with E-state index in [1.54, 1.807) is 35.2 Å². The first-order valence-corrected chi connectivity index (χ1v) is 10.7. The summed E-state index contributed by atoms with van der Waals surface area (Å²) < 4.78 is 11.9. The molecule has 1 fully saturated rings. The second kappa shape index (κ2) is 8.93. The third-order valence-electron chi connectivity index (χ3n) is 6.01. The Kier molecular flexibility index (Phi) is 6.04. The fourth-order valence-corrected chi connectivity index (χ4v) is 4.14. The van der Waals surface area contributed by atoms with Crippen LogP contribution in [-0.2, 0) is 9.59 Å². The van der Waals surface area contributed by atoms with E-state index in [1.165, 1.54) is 19.1 Å². The summed E-state index contributed by atoms with van der Waals surface area (Å²) >= 11 is 0. The smallest absolute Gasteiger partial charge is 0.262 e. The Morgan fingerprint density at radius 1 is 1.12 bits per heavy atom. The number of anilines is 1. The molecule has 9 nitrogen and oxygen atoms in total. The number of fused-ring (bicyclic) bond motifs is 1. The number of carbonyl (C=O) groups is 4. The fourth-order valence-electron chi connectivity index (χ4n) is 4.14. The number of nitrogens with zero attached hydrogens (tertiary/aromatic N) is 1. The van der Waals surface area contributed by atoms with Gasteiger partial charge in [-0.2, -0.15) is 0 Å². The van der Waals surface area contributed by atoms with Gasteiger partial charge < -0.3 is 25.4 Å². The van der Waals surface area contributed by atoms with Crippen LogP contribution in [0, 0.1) is 0 Å². The molecule has 4 rings (SSSR count). The van der Waals surface area contributed by atoms with E-state index in [-0.39, 0.29) is 30.6 Å². The molecule has 2 aromatic carbocycles. The number of amides is 3. The maximum absolute atomic E-state index is 12.7. The van der Waals surface area contributed by atoms with Crippen molar-refractivity contribution in [1.29, 1.82) is 0 Å². The van der Waals surface area contributed by atoms with Gasteiger partial charge in [0, 0.05) is 50.2 Å². The van der Waals surface area contributed by atoms with Crippen molar-refractivity contribution < 1.29 is 28.7 Å².